The van der Waals surface area contributed by atoms with Crippen molar-refractivity contribution in [3.8, 4) is 34.1 Å². The van der Waals surface area contributed by atoms with E-state index in [-0.39, 0.29) is 11.6 Å². The molecule has 3 heterocycles. The van der Waals surface area contributed by atoms with Gasteiger partial charge in [-0.2, -0.15) is 4.98 Å². The summed E-state index contributed by atoms with van der Waals surface area (Å²) in [6, 6.07) is 12.6. The highest BCUT2D eigenvalue weighted by atomic mass is 16.5. The van der Waals surface area contributed by atoms with Crippen molar-refractivity contribution in [1.82, 2.24) is 15.0 Å². The standard InChI is InChI=1S/C28H23N5O6/c1-36-26-21(12-31-28(33-26)38-3)15-4-6-19-23(10-15)30-13-22(25(29)34)24(19)32-17-5-7-18(16-8-9-39-14-16)20(11-17)27(35)37-2/h4-14H,1-3H3,(H2,29,34)(H,30,32). The van der Waals surface area contributed by atoms with Crippen LogP contribution in [0.2, 0.25) is 0 Å². The minimum absolute atomic E-state index is 0.178. The Morgan fingerprint density at radius 1 is 0.897 bits per heavy atom. The highest BCUT2D eigenvalue weighted by Crippen LogP contribution is 2.36. The van der Waals surface area contributed by atoms with Crippen LogP contribution in [0.5, 0.6) is 11.9 Å². The van der Waals surface area contributed by atoms with Crippen LogP contribution in [0.1, 0.15) is 20.7 Å². The molecule has 39 heavy (non-hydrogen) atoms. The largest absolute Gasteiger partial charge is 0.480 e. The topological polar surface area (TPSA) is 152 Å². The van der Waals surface area contributed by atoms with Gasteiger partial charge in [0.05, 0.1) is 61.8 Å². The molecule has 0 bridgehead atoms. The van der Waals surface area contributed by atoms with Crippen LogP contribution in [-0.2, 0) is 4.74 Å². The molecule has 5 rings (SSSR count). The number of methoxy groups -OCH3 is 3. The van der Waals surface area contributed by atoms with E-state index in [9.17, 15) is 9.59 Å². The first-order valence-corrected chi connectivity index (χ1v) is 11.6. The van der Waals surface area contributed by atoms with E-state index >= 15 is 0 Å². The van der Waals surface area contributed by atoms with Crippen LogP contribution < -0.4 is 20.5 Å². The molecule has 11 nitrogen and oxygen atoms in total. The summed E-state index contributed by atoms with van der Waals surface area (Å²) in [6.45, 7) is 0. The van der Waals surface area contributed by atoms with Crippen molar-refractivity contribution in [2.24, 2.45) is 5.73 Å². The van der Waals surface area contributed by atoms with Gasteiger partial charge in [0, 0.05) is 29.0 Å². The average Bonchev–Trinajstić information content (AvgIpc) is 3.51. The predicted molar refractivity (Wildman–Crippen MR) is 143 cm³/mol. The smallest absolute Gasteiger partial charge is 0.338 e. The SMILES string of the molecule is COC(=O)c1cc(Nc2c(C(N)=O)cnc3cc(-c4cnc(OC)nc4OC)ccc23)ccc1-c1ccoc1. The number of benzene rings is 2. The summed E-state index contributed by atoms with van der Waals surface area (Å²) in [7, 11) is 4.29. The monoisotopic (exact) mass is 525 g/mol. The second kappa shape index (κ2) is 10.5. The van der Waals surface area contributed by atoms with E-state index in [1.807, 2.05) is 12.1 Å². The molecule has 2 aromatic carbocycles. The van der Waals surface area contributed by atoms with E-state index < -0.39 is 11.9 Å². The molecule has 0 aliphatic heterocycles. The third-order valence-corrected chi connectivity index (χ3v) is 6.08. The molecule has 0 aliphatic carbocycles. The Morgan fingerprint density at radius 3 is 2.44 bits per heavy atom. The van der Waals surface area contributed by atoms with Crippen molar-refractivity contribution in [2.45, 2.75) is 0 Å². The molecule has 3 N–H and O–H groups in total. The summed E-state index contributed by atoms with van der Waals surface area (Å²) >= 11 is 0. The molecule has 0 saturated carbocycles. The number of esters is 1. The first-order valence-electron chi connectivity index (χ1n) is 11.6. The van der Waals surface area contributed by atoms with Crippen molar-refractivity contribution >= 4 is 34.2 Å². The Kier molecular flexibility index (Phi) is 6.79. The summed E-state index contributed by atoms with van der Waals surface area (Å²) in [4.78, 5) is 37.8. The lowest BCUT2D eigenvalue weighted by molar-refractivity contribution is 0.0601. The lowest BCUT2D eigenvalue weighted by Gasteiger charge is -2.16. The highest BCUT2D eigenvalue weighted by molar-refractivity contribution is 6.08. The number of carbonyl (C=O) groups excluding carboxylic acids is 2. The van der Waals surface area contributed by atoms with E-state index in [4.69, 9.17) is 24.4 Å². The molecule has 11 heteroatoms. The fourth-order valence-corrected chi connectivity index (χ4v) is 4.20. The van der Waals surface area contributed by atoms with Gasteiger partial charge in [0.25, 0.3) is 5.91 Å². The predicted octanol–water partition coefficient (Wildman–Crippen LogP) is 4.60. The molecule has 5 aromatic rings. The van der Waals surface area contributed by atoms with Crippen LogP contribution >= 0.6 is 0 Å². The zero-order valence-electron chi connectivity index (χ0n) is 21.2. The number of furan rings is 1. The number of amides is 1. The van der Waals surface area contributed by atoms with Gasteiger partial charge in [-0.15, -0.1) is 0 Å². The van der Waals surface area contributed by atoms with Crippen LogP contribution in [0.15, 0.2) is 71.8 Å². The summed E-state index contributed by atoms with van der Waals surface area (Å²) in [6.07, 6.45) is 6.06. The molecule has 0 unspecified atom stereocenters. The number of nitrogens with one attached hydrogen (secondary N) is 1. The quantitative estimate of drug-likeness (QED) is 0.275. The number of ether oxygens (including phenoxy) is 3. The van der Waals surface area contributed by atoms with Crippen LogP contribution in [0.4, 0.5) is 11.4 Å². The minimum Gasteiger partial charge on any atom is -0.480 e. The number of hydrogen-bond donors (Lipinski definition) is 2. The first kappa shape index (κ1) is 25.2. The first-order chi connectivity index (χ1) is 18.9. The molecule has 0 fully saturated rings. The molecule has 3 aromatic heterocycles. The Balaban J connectivity index is 1.60. The van der Waals surface area contributed by atoms with Gasteiger partial charge in [0.15, 0.2) is 0 Å². The number of hydrogen-bond acceptors (Lipinski definition) is 10. The van der Waals surface area contributed by atoms with E-state index in [0.29, 0.717) is 44.8 Å². The minimum atomic E-state index is -0.663. The van der Waals surface area contributed by atoms with Gasteiger partial charge in [-0.05, 0) is 35.4 Å². The Labute approximate surface area is 222 Å². The molecular formula is C28H23N5O6. The van der Waals surface area contributed by atoms with E-state index in [1.54, 1.807) is 36.5 Å². The van der Waals surface area contributed by atoms with Gasteiger partial charge in [-0.1, -0.05) is 18.2 Å². The number of aromatic nitrogens is 3. The van der Waals surface area contributed by atoms with Gasteiger partial charge < -0.3 is 29.7 Å². The summed E-state index contributed by atoms with van der Waals surface area (Å²) < 4.78 is 20.7. The normalized spacial score (nSPS) is 10.7. The number of anilines is 2. The molecule has 0 radical (unpaired) electrons. The molecule has 0 saturated heterocycles. The Morgan fingerprint density at radius 2 is 1.74 bits per heavy atom. The zero-order valence-corrected chi connectivity index (χ0v) is 21.2. The third-order valence-electron chi connectivity index (χ3n) is 6.08. The second-order valence-corrected chi connectivity index (χ2v) is 8.31. The summed E-state index contributed by atoms with van der Waals surface area (Å²) in [5.41, 5.74) is 10.5. The number of rotatable bonds is 8. The van der Waals surface area contributed by atoms with Crippen molar-refractivity contribution in [3.05, 3.63) is 78.5 Å². The average molecular weight is 526 g/mol. The van der Waals surface area contributed by atoms with Crippen LogP contribution in [0, 0.1) is 0 Å². The van der Waals surface area contributed by atoms with Gasteiger partial charge in [0.2, 0.25) is 5.88 Å². The molecule has 0 atom stereocenters. The van der Waals surface area contributed by atoms with E-state index in [1.165, 1.54) is 40.1 Å². The van der Waals surface area contributed by atoms with Crippen molar-refractivity contribution in [1.29, 1.82) is 0 Å². The third kappa shape index (κ3) is 4.80. The number of pyridine rings is 1. The lowest BCUT2D eigenvalue weighted by Crippen LogP contribution is -2.14. The Bertz CT molecular complexity index is 1700. The lowest BCUT2D eigenvalue weighted by atomic mass is 10.0. The van der Waals surface area contributed by atoms with Gasteiger partial charge >= 0.3 is 12.0 Å². The maximum absolute atomic E-state index is 12.6. The second-order valence-electron chi connectivity index (χ2n) is 8.31. The van der Waals surface area contributed by atoms with Crippen molar-refractivity contribution in [2.75, 3.05) is 26.6 Å². The molecule has 0 aliphatic rings. The summed E-state index contributed by atoms with van der Waals surface area (Å²) in [5, 5.41) is 3.87. The zero-order chi connectivity index (χ0) is 27.5. The molecule has 1 amide bonds. The van der Waals surface area contributed by atoms with Crippen LogP contribution in [0.3, 0.4) is 0 Å². The maximum atomic E-state index is 12.6. The number of primary amides is 1. The highest BCUT2D eigenvalue weighted by Gasteiger charge is 2.19. The van der Waals surface area contributed by atoms with Crippen LogP contribution in [0.25, 0.3) is 33.2 Å². The summed E-state index contributed by atoms with van der Waals surface area (Å²) in [5.74, 6) is -0.851. The molecular weight excluding hydrogens is 502 g/mol. The number of nitrogens with zero attached hydrogens (tertiary/aromatic N) is 3. The fraction of sp³-hybridized carbons (Fsp3) is 0.107. The fourth-order valence-electron chi connectivity index (χ4n) is 4.20. The van der Waals surface area contributed by atoms with E-state index in [2.05, 4.69) is 20.3 Å². The van der Waals surface area contributed by atoms with Gasteiger partial charge in [0.1, 0.15) is 0 Å². The van der Waals surface area contributed by atoms with Gasteiger partial charge in [-0.3, -0.25) is 9.78 Å². The molecule has 0 spiro atoms. The number of fused-ring (bicyclic) bond motifs is 1. The Hall–Kier alpha value is -5.45. The van der Waals surface area contributed by atoms with Crippen LogP contribution in [-0.4, -0.2) is 48.2 Å². The number of nitrogens with two attached hydrogens (primary N) is 1. The van der Waals surface area contributed by atoms with Gasteiger partial charge in [-0.25, -0.2) is 9.78 Å². The van der Waals surface area contributed by atoms with Crippen molar-refractivity contribution in [3.63, 3.8) is 0 Å². The number of carbonyl (C=O) groups is 2. The molecule has 196 valence electrons. The maximum Gasteiger partial charge on any atom is 0.338 e. The van der Waals surface area contributed by atoms with E-state index in [0.717, 1.165) is 11.1 Å². The van der Waals surface area contributed by atoms with Crippen molar-refractivity contribution < 1.29 is 28.2 Å².